The van der Waals surface area contributed by atoms with Crippen molar-refractivity contribution in [3.8, 4) is 0 Å². The van der Waals surface area contributed by atoms with E-state index in [1.165, 1.54) is 38.5 Å². The molecule has 1 saturated heterocycles. The van der Waals surface area contributed by atoms with E-state index in [-0.39, 0.29) is 11.9 Å². The minimum absolute atomic E-state index is 0.0462. The summed E-state index contributed by atoms with van der Waals surface area (Å²) in [6.07, 6.45) is 9.45. The molecule has 2 aliphatic rings. The maximum atomic E-state index is 12.0. The van der Waals surface area contributed by atoms with E-state index in [1.54, 1.807) is 0 Å². The Kier molecular flexibility index (Phi) is 4.08. The second-order valence-corrected chi connectivity index (χ2v) is 5.96. The van der Waals surface area contributed by atoms with Gasteiger partial charge in [0.25, 0.3) is 0 Å². The van der Waals surface area contributed by atoms with Crippen molar-refractivity contribution in [3.05, 3.63) is 0 Å². The van der Waals surface area contributed by atoms with E-state index in [1.807, 2.05) is 11.8 Å². The van der Waals surface area contributed by atoms with Crippen LogP contribution in [-0.2, 0) is 4.79 Å². The summed E-state index contributed by atoms with van der Waals surface area (Å²) in [5, 5.41) is 0. The third-order valence-electron chi connectivity index (χ3n) is 4.80. The lowest BCUT2D eigenvalue weighted by molar-refractivity contribution is -0.133. The zero-order valence-electron chi connectivity index (χ0n) is 11.1. The Bertz CT molecular complexity index is 261. The van der Waals surface area contributed by atoms with Crippen LogP contribution in [0, 0.1) is 5.41 Å². The van der Waals surface area contributed by atoms with Gasteiger partial charge in [0.05, 0.1) is 0 Å². The first-order valence-corrected chi connectivity index (χ1v) is 7.18. The van der Waals surface area contributed by atoms with Crippen LogP contribution in [0.25, 0.3) is 0 Å². The molecule has 2 N–H and O–H groups in total. The Morgan fingerprint density at radius 1 is 1.24 bits per heavy atom. The number of hydrogen-bond acceptors (Lipinski definition) is 2. The molecule has 17 heavy (non-hydrogen) atoms. The van der Waals surface area contributed by atoms with E-state index in [9.17, 15) is 4.79 Å². The minimum atomic E-state index is 0.0462. The van der Waals surface area contributed by atoms with Gasteiger partial charge in [-0.1, -0.05) is 19.8 Å². The highest BCUT2D eigenvalue weighted by Gasteiger charge is 2.37. The molecule has 2 rings (SSSR count). The molecule has 2 fully saturated rings. The summed E-state index contributed by atoms with van der Waals surface area (Å²) in [4.78, 5) is 14.1. The van der Waals surface area contributed by atoms with Crippen molar-refractivity contribution in [3.63, 3.8) is 0 Å². The van der Waals surface area contributed by atoms with Gasteiger partial charge < -0.3 is 10.6 Å². The Labute approximate surface area is 105 Å². The molecular weight excluding hydrogens is 212 g/mol. The van der Waals surface area contributed by atoms with E-state index in [2.05, 4.69) is 0 Å². The maximum absolute atomic E-state index is 12.0. The number of nitrogens with zero attached hydrogens (tertiary/aromatic N) is 1. The number of rotatable bonds is 3. The molecule has 98 valence electrons. The molecule has 1 amide bonds. The van der Waals surface area contributed by atoms with Crippen molar-refractivity contribution in [2.24, 2.45) is 11.1 Å². The first kappa shape index (κ1) is 12.9. The zero-order chi connectivity index (χ0) is 12.3. The fourth-order valence-corrected chi connectivity index (χ4v) is 3.35. The first-order chi connectivity index (χ1) is 8.15. The van der Waals surface area contributed by atoms with Gasteiger partial charge in [0.2, 0.25) is 5.91 Å². The van der Waals surface area contributed by atoms with Crippen LogP contribution in [0.2, 0.25) is 0 Å². The number of amides is 1. The van der Waals surface area contributed by atoms with Gasteiger partial charge in [-0.25, -0.2) is 0 Å². The Morgan fingerprint density at radius 3 is 2.35 bits per heavy atom. The molecule has 0 aromatic rings. The molecule has 1 atom stereocenters. The molecular formula is C14H26N2O. The van der Waals surface area contributed by atoms with Gasteiger partial charge in [-0.3, -0.25) is 4.79 Å². The van der Waals surface area contributed by atoms with E-state index in [0.717, 1.165) is 19.5 Å². The van der Waals surface area contributed by atoms with Crippen LogP contribution in [0.1, 0.15) is 58.3 Å². The van der Waals surface area contributed by atoms with Crippen LogP contribution in [-0.4, -0.2) is 29.9 Å². The van der Waals surface area contributed by atoms with E-state index < -0.39 is 0 Å². The standard InChI is InChI=1S/C14H26N2O/c1-2-12(15)11-13(17)16-9-7-14(8-10-16)5-3-4-6-14/h12H,2-11,15H2,1H3. The van der Waals surface area contributed by atoms with Crippen LogP contribution in [0.5, 0.6) is 0 Å². The van der Waals surface area contributed by atoms with Crippen LogP contribution in [0.3, 0.4) is 0 Å². The largest absolute Gasteiger partial charge is 0.343 e. The highest BCUT2D eigenvalue weighted by molar-refractivity contribution is 5.76. The summed E-state index contributed by atoms with van der Waals surface area (Å²) < 4.78 is 0. The number of piperidine rings is 1. The molecule has 0 aromatic carbocycles. The van der Waals surface area contributed by atoms with Gasteiger partial charge in [-0.2, -0.15) is 0 Å². The number of carbonyl (C=O) groups is 1. The summed E-state index contributed by atoms with van der Waals surface area (Å²) in [5.41, 5.74) is 6.45. The van der Waals surface area contributed by atoms with Gasteiger partial charge >= 0.3 is 0 Å². The summed E-state index contributed by atoms with van der Waals surface area (Å²) >= 11 is 0. The smallest absolute Gasteiger partial charge is 0.224 e. The van der Waals surface area contributed by atoms with Crippen molar-refractivity contribution in [1.82, 2.24) is 4.90 Å². The first-order valence-electron chi connectivity index (χ1n) is 7.18. The molecule has 1 aliphatic heterocycles. The fourth-order valence-electron chi connectivity index (χ4n) is 3.35. The molecule has 1 unspecified atom stereocenters. The molecule has 0 bridgehead atoms. The van der Waals surface area contributed by atoms with E-state index in [0.29, 0.717) is 11.8 Å². The van der Waals surface area contributed by atoms with Crippen molar-refractivity contribution >= 4 is 5.91 Å². The monoisotopic (exact) mass is 238 g/mol. The number of nitrogens with two attached hydrogens (primary N) is 1. The summed E-state index contributed by atoms with van der Waals surface area (Å²) in [6, 6.07) is 0.0462. The predicted molar refractivity (Wildman–Crippen MR) is 69.6 cm³/mol. The lowest BCUT2D eigenvalue weighted by Crippen LogP contribution is -2.43. The Balaban J connectivity index is 1.80. The molecule has 1 aliphatic carbocycles. The quantitative estimate of drug-likeness (QED) is 0.820. The third-order valence-corrected chi connectivity index (χ3v) is 4.80. The van der Waals surface area contributed by atoms with Crippen LogP contribution >= 0.6 is 0 Å². The van der Waals surface area contributed by atoms with Crippen molar-refractivity contribution in [2.45, 2.75) is 64.3 Å². The van der Waals surface area contributed by atoms with Crippen LogP contribution < -0.4 is 5.73 Å². The van der Waals surface area contributed by atoms with Gasteiger partial charge in [0.1, 0.15) is 0 Å². The topological polar surface area (TPSA) is 46.3 Å². The molecule has 1 spiro atoms. The SMILES string of the molecule is CCC(N)CC(=O)N1CCC2(CCCC2)CC1. The highest BCUT2D eigenvalue weighted by atomic mass is 16.2. The Morgan fingerprint density at radius 2 is 1.82 bits per heavy atom. The fraction of sp³-hybridized carbons (Fsp3) is 0.929. The molecule has 1 heterocycles. The molecule has 0 aromatic heterocycles. The maximum Gasteiger partial charge on any atom is 0.224 e. The van der Waals surface area contributed by atoms with Crippen molar-refractivity contribution in [1.29, 1.82) is 0 Å². The lowest BCUT2D eigenvalue weighted by Gasteiger charge is -2.39. The van der Waals surface area contributed by atoms with E-state index in [4.69, 9.17) is 5.73 Å². The predicted octanol–water partition coefficient (Wildman–Crippen LogP) is 2.30. The normalized spacial score (nSPS) is 25.2. The third kappa shape index (κ3) is 3.01. The van der Waals surface area contributed by atoms with Gasteiger partial charge in [0.15, 0.2) is 0 Å². The van der Waals surface area contributed by atoms with E-state index >= 15 is 0 Å². The number of carbonyl (C=O) groups excluding carboxylic acids is 1. The molecule has 3 heteroatoms. The average molecular weight is 238 g/mol. The van der Waals surface area contributed by atoms with Gasteiger partial charge in [0, 0.05) is 25.6 Å². The number of hydrogen-bond donors (Lipinski definition) is 1. The second kappa shape index (κ2) is 5.38. The molecule has 1 saturated carbocycles. The minimum Gasteiger partial charge on any atom is -0.343 e. The lowest BCUT2D eigenvalue weighted by atomic mass is 9.77. The zero-order valence-corrected chi connectivity index (χ0v) is 11.1. The summed E-state index contributed by atoms with van der Waals surface area (Å²) in [6.45, 7) is 3.98. The van der Waals surface area contributed by atoms with Crippen LogP contribution in [0.15, 0.2) is 0 Å². The highest BCUT2D eigenvalue weighted by Crippen LogP contribution is 2.46. The number of likely N-dealkylation sites (tertiary alicyclic amines) is 1. The van der Waals surface area contributed by atoms with Crippen LogP contribution in [0.4, 0.5) is 0 Å². The second-order valence-electron chi connectivity index (χ2n) is 5.96. The average Bonchev–Trinajstić information content (AvgIpc) is 2.78. The van der Waals surface area contributed by atoms with Crippen molar-refractivity contribution < 1.29 is 4.79 Å². The van der Waals surface area contributed by atoms with Gasteiger partial charge in [-0.05, 0) is 37.5 Å². The van der Waals surface area contributed by atoms with Gasteiger partial charge in [-0.15, -0.1) is 0 Å². The van der Waals surface area contributed by atoms with Crippen molar-refractivity contribution in [2.75, 3.05) is 13.1 Å². The summed E-state index contributed by atoms with van der Waals surface area (Å²) in [7, 11) is 0. The Hall–Kier alpha value is -0.570. The molecule has 3 nitrogen and oxygen atoms in total. The summed E-state index contributed by atoms with van der Waals surface area (Å²) in [5.74, 6) is 0.271. The molecule has 0 radical (unpaired) electrons.